The lowest BCUT2D eigenvalue weighted by molar-refractivity contribution is 0.0318. The number of sulfone groups is 1. The minimum Gasteiger partial charge on any atom is -0.379 e. The standard InChI is InChI=1S/C29H33Cl2FN4O5S/c30-22-7-8-25(26(31)16-22)28(37)35(10-9-34-11-14-40-15-12-34)18-23-17-33-29(36(23)19-24-5-3-13-41-24)42(38,39)20-21-4-1-2-6-27(21)32/h1-2,4,6-8,16-17,24H,3,5,9-15,18-20H2/t24-/m0/s1. The Bertz CT molecular complexity index is 1510. The van der Waals surface area contributed by atoms with Gasteiger partial charge in [-0.25, -0.2) is 17.8 Å². The highest BCUT2D eigenvalue weighted by Crippen LogP contribution is 2.26. The summed E-state index contributed by atoms with van der Waals surface area (Å²) in [5.41, 5.74) is 0.879. The van der Waals surface area contributed by atoms with E-state index in [1.807, 2.05) is 0 Å². The first-order chi connectivity index (χ1) is 20.2. The Morgan fingerprint density at radius 1 is 1.12 bits per heavy atom. The van der Waals surface area contributed by atoms with E-state index in [0.717, 1.165) is 25.9 Å². The molecule has 0 bridgehead atoms. The van der Waals surface area contributed by atoms with Crippen LogP contribution in [0.15, 0.2) is 53.8 Å². The summed E-state index contributed by atoms with van der Waals surface area (Å²) in [6, 6.07) is 10.5. The van der Waals surface area contributed by atoms with Crippen LogP contribution in [0.4, 0.5) is 4.39 Å². The Morgan fingerprint density at radius 3 is 2.62 bits per heavy atom. The highest BCUT2D eigenvalue weighted by molar-refractivity contribution is 7.90. The number of imidazole rings is 1. The van der Waals surface area contributed by atoms with Crippen LogP contribution in [0.2, 0.25) is 10.0 Å². The van der Waals surface area contributed by atoms with Crippen molar-refractivity contribution in [2.75, 3.05) is 46.0 Å². The van der Waals surface area contributed by atoms with Crippen molar-refractivity contribution in [3.63, 3.8) is 0 Å². The van der Waals surface area contributed by atoms with Gasteiger partial charge >= 0.3 is 0 Å². The van der Waals surface area contributed by atoms with E-state index in [1.165, 1.54) is 30.5 Å². The van der Waals surface area contributed by atoms with Gasteiger partial charge in [-0.3, -0.25) is 9.69 Å². The first-order valence-electron chi connectivity index (χ1n) is 13.9. The summed E-state index contributed by atoms with van der Waals surface area (Å²) in [5.74, 6) is -1.45. The van der Waals surface area contributed by atoms with Crippen molar-refractivity contribution in [1.29, 1.82) is 0 Å². The molecule has 1 amide bonds. The zero-order chi connectivity index (χ0) is 29.7. The van der Waals surface area contributed by atoms with Crippen LogP contribution in [0, 0.1) is 5.82 Å². The van der Waals surface area contributed by atoms with Gasteiger partial charge in [-0.1, -0.05) is 41.4 Å². The van der Waals surface area contributed by atoms with Crippen LogP contribution < -0.4 is 0 Å². The van der Waals surface area contributed by atoms with Crippen molar-refractivity contribution in [3.8, 4) is 0 Å². The van der Waals surface area contributed by atoms with Crippen LogP contribution in [0.25, 0.3) is 0 Å². The Kier molecular flexibility index (Phi) is 10.2. The monoisotopic (exact) mass is 638 g/mol. The average molecular weight is 640 g/mol. The molecule has 9 nitrogen and oxygen atoms in total. The van der Waals surface area contributed by atoms with Crippen LogP contribution >= 0.6 is 23.2 Å². The zero-order valence-corrected chi connectivity index (χ0v) is 25.4. The molecule has 226 valence electrons. The molecule has 0 saturated carbocycles. The van der Waals surface area contributed by atoms with E-state index in [9.17, 15) is 17.6 Å². The summed E-state index contributed by atoms with van der Waals surface area (Å²) in [6.45, 7) is 4.61. The Balaban J connectivity index is 1.47. The molecule has 2 saturated heterocycles. The number of benzene rings is 2. The van der Waals surface area contributed by atoms with Crippen molar-refractivity contribution in [2.45, 2.75) is 42.9 Å². The molecule has 0 spiro atoms. The van der Waals surface area contributed by atoms with Gasteiger partial charge in [0.15, 0.2) is 0 Å². The third-order valence-electron chi connectivity index (χ3n) is 7.48. The van der Waals surface area contributed by atoms with Gasteiger partial charge in [0.05, 0.1) is 60.6 Å². The SMILES string of the molecule is O=C(c1ccc(Cl)cc1Cl)N(CCN1CCOCC1)Cc1cnc(S(=O)(=O)Cc2ccccc2F)n1C[C@@H]1CCCO1. The first-order valence-corrected chi connectivity index (χ1v) is 16.3. The minimum atomic E-state index is -4.04. The fraction of sp³-hybridized carbons (Fsp3) is 0.448. The molecule has 0 unspecified atom stereocenters. The van der Waals surface area contributed by atoms with E-state index in [1.54, 1.807) is 27.7 Å². The average Bonchev–Trinajstić information content (AvgIpc) is 3.63. The van der Waals surface area contributed by atoms with E-state index in [2.05, 4.69) is 9.88 Å². The predicted molar refractivity (Wildman–Crippen MR) is 157 cm³/mol. The third kappa shape index (κ3) is 7.50. The topological polar surface area (TPSA) is 94.0 Å². The molecule has 1 atom stereocenters. The lowest BCUT2D eigenvalue weighted by Gasteiger charge is -2.30. The molecular weight excluding hydrogens is 606 g/mol. The molecule has 3 heterocycles. The normalized spacial score (nSPS) is 17.9. The molecule has 2 aromatic carbocycles. The van der Waals surface area contributed by atoms with Crippen LogP contribution in [-0.2, 0) is 38.2 Å². The summed E-state index contributed by atoms with van der Waals surface area (Å²) in [4.78, 5) is 22.0. The molecule has 2 aliphatic heterocycles. The van der Waals surface area contributed by atoms with Gasteiger partial charge in [0.2, 0.25) is 15.0 Å². The van der Waals surface area contributed by atoms with Gasteiger partial charge in [-0.05, 0) is 37.1 Å². The Hall–Kier alpha value is -2.54. The number of hydrogen-bond donors (Lipinski definition) is 0. The second kappa shape index (κ2) is 13.8. The van der Waals surface area contributed by atoms with Crippen LogP contribution in [0.5, 0.6) is 0 Å². The molecule has 2 aliphatic rings. The molecule has 0 aliphatic carbocycles. The molecule has 2 fully saturated rings. The number of rotatable bonds is 11. The van der Waals surface area contributed by atoms with Gasteiger partial charge < -0.3 is 18.9 Å². The molecule has 0 radical (unpaired) electrons. The van der Waals surface area contributed by atoms with Crippen molar-refractivity contribution in [2.24, 2.45) is 0 Å². The molecular formula is C29H33Cl2FN4O5S. The molecule has 5 rings (SSSR count). The van der Waals surface area contributed by atoms with Crippen molar-refractivity contribution in [3.05, 3.63) is 81.3 Å². The maximum Gasteiger partial charge on any atom is 0.255 e. The summed E-state index contributed by atoms with van der Waals surface area (Å²) in [5, 5.41) is 0.460. The Labute approximate surface area is 255 Å². The predicted octanol–water partition coefficient (Wildman–Crippen LogP) is 4.46. The quantitative estimate of drug-likeness (QED) is 0.306. The molecule has 13 heteroatoms. The van der Waals surface area contributed by atoms with Crippen molar-refractivity contribution >= 4 is 38.9 Å². The fourth-order valence-corrected chi connectivity index (χ4v) is 7.21. The summed E-state index contributed by atoms with van der Waals surface area (Å²) in [6.07, 6.45) is 2.90. The van der Waals surface area contributed by atoms with E-state index in [-0.39, 0.29) is 40.8 Å². The number of amides is 1. The second-order valence-electron chi connectivity index (χ2n) is 10.4. The zero-order valence-electron chi connectivity index (χ0n) is 23.1. The Morgan fingerprint density at radius 2 is 1.90 bits per heavy atom. The van der Waals surface area contributed by atoms with Crippen molar-refractivity contribution < 1.29 is 27.1 Å². The lowest BCUT2D eigenvalue weighted by atomic mass is 10.2. The largest absolute Gasteiger partial charge is 0.379 e. The number of ether oxygens (including phenoxy) is 2. The molecule has 42 heavy (non-hydrogen) atoms. The van der Waals surface area contributed by atoms with E-state index in [0.29, 0.717) is 49.2 Å². The van der Waals surface area contributed by atoms with Gasteiger partial charge in [-0.15, -0.1) is 0 Å². The minimum absolute atomic E-state index is 0.0606. The van der Waals surface area contributed by atoms with Gasteiger partial charge in [-0.2, -0.15) is 0 Å². The number of carbonyl (C=O) groups is 1. The van der Waals surface area contributed by atoms with Crippen LogP contribution in [0.3, 0.4) is 0 Å². The molecule has 1 aromatic heterocycles. The van der Waals surface area contributed by atoms with Crippen LogP contribution in [0.1, 0.15) is 34.5 Å². The fourth-order valence-electron chi connectivity index (χ4n) is 5.21. The van der Waals surface area contributed by atoms with Gasteiger partial charge in [0.1, 0.15) is 5.82 Å². The van der Waals surface area contributed by atoms with Crippen LogP contribution in [-0.4, -0.2) is 85.8 Å². The summed E-state index contributed by atoms with van der Waals surface area (Å²) >= 11 is 12.5. The summed E-state index contributed by atoms with van der Waals surface area (Å²) < 4.78 is 54.5. The van der Waals surface area contributed by atoms with Crippen molar-refractivity contribution in [1.82, 2.24) is 19.4 Å². The third-order valence-corrected chi connectivity index (χ3v) is 9.61. The highest BCUT2D eigenvalue weighted by Gasteiger charge is 2.30. The first kappa shape index (κ1) is 30.9. The van der Waals surface area contributed by atoms with E-state index in [4.69, 9.17) is 32.7 Å². The highest BCUT2D eigenvalue weighted by atomic mass is 35.5. The number of morpholine rings is 1. The summed E-state index contributed by atoms with van der Waals surface area (Å²) in [7, 11) is -4.04. The molecule has 3 aromatic rings. The van der Waals surface area contributed by atoms with E-state index < -0.39 is 21.4 Å². The number of aromatic nitrogens is 2. The second-order valence-corrected chi connectivity index (χ2v) is 13.2. The van der Waals surface area contributed by atoms with E-state index >= 15 is 0 Å². The number of nitrogens with zero attached hydrogens (tertiary/aromatic N) is 4. The van der Waals surface area contributed by atoms with Gasteiger partial charge in [0.25, 0.3) is 5.91 Å². The van der Waals surface area contributed by atoms with Gasteiger partial charge in [0, 0.05) is 43.4 Å². The number of hydrogen-bond acceptors (Lipinski definition) is 7. The maximum atomic E-state index is 14.4. The lowest BCUT2D eigenvalue weighted by Crippen LogP contribution is -2.43. The number of halogens is 3. The molecule has 0 N–H and O–H groups in total. The smallest absolute Gasteiger partial charge is 0.255 e. The maximum absolute atomic E-state index is 14.4. The number of carbonyl (C=O) groups excluding carboxylic acids is 1.